The predicted octanol–water partition coefficient (Wildman–Crippen LogP) is 11.6. The van der Waals surface area contributed by atoms with Gasteiger partial charge in [-0.3, -0.25) is 0 Å². The molecule has 0 fully saturated rings. The molecule has 7 aromatic carbocycles. The predicted molar refractivity (Wildman–Crippen MR) is 197 cm³/mol. The summed E-state index contributed by atoms with van der Waals surface area (Å²) in [4.78, 5) is 10.3. The zero-order valence-electron chi connectivity index (χ0n) is 25.8. The summed E-state index contributed by atoms with van der Waals surface area (Å²) < 4.78 is 9.22. The SMILES string of the molecule is c1ccc(-c2nc(-c3ccc4ccccc4c3)c3oc4c(-c5cccc(-n6c7ccccc7c7ccccc76)c5)cccc4c3n2)cc1. The van der Waals surface area contributed by atoms with Crippen LogP contribution >= 0.6 is 0 Å². The van der Waals surface area contributed by atoms with Crippen molar-refractivity contribution in [2.75, 3.05) is 0 Å². The highest BCUT2D eigenvalue weighted by Gasteiger charge is 2.21. The lowest BCUT2D eigenvalue weighted by Crippen LogP contribution is -1.94. The van der Waals surface area contributed by atoms with E-state index >= 15 is 0 Å². The van der Waals surface area contributed by atoms with Crippen molar-refractivity contribution < 1.29 is 4.42 Å². The third-order valence-corrected chi connectivity index (χ3v) is 9.39. The van der Waals surface area contributed by atoms with Gasteiger partial charge in [-0.1, -0.05) is 127 Å². The summed E-state index contributed by atoms with van der Waals surface area (Å²) in [7, 11) is 0. The maximum absolute atomic E-state index is 6.87. The molecule has 0 saturated heterocycles. The summed E-state index contributed by atoms with van der Waals surface area (Å²) in [5, 5.41) is 5.79. The molecule has 10 aromatic rings. The van der Waals surface area contributed by atoms with Gasteiger partial charge in [-0.05, 0) is 52.7 Å². The molecule has 3 heterocycles. The molecule has 0 amide bonds. The molecule has 48 heavy (non-hydrogen) atoms. The van der Waals surface area contributed by atoms with E-state index in [0.717, 1.165) is 55.5 Å². The smallest absolute Gasteiger partial charge is 0.180 e. The summed E-state index contributed by atoms with van der Waals surface area (Å²) in [5.74, 6) is 0.674. The molecule has 0 spiro atoms. The van der Waals surface area contributed by atoms with E-state index in [1.807, 2.05) is 18.2 Å². The van der Waals surface area contributed by atoms with Gasteiger partial charge >= 0.3 is 0 Å². The van der Waals surface area contributed by atoms with Crippen LogP contribution in [0.5, 0.6) is 0 Å². The molecule has 4 nitrogen and oxygen atoms in total. The number of aromatic nitrogens is 3. The first-order valence-corrected chi connectivity index (χ1v) is 16.2. The van der Waals surface area contributed by atoms with Gasteiger partial charge in [-0.2, -0.15) is 0 Å². The van der Waals surface area contributed by atoms with Crippen LogP contribution in [0.25, 0.3) is 94.1 Å². The van der Waals surface area contributed by atoms with Gasteiger partial charge < -0.3 is 8.98 Å². The number of nitrogens with zero attached hydrogens (tertiary/aromatic N) is 3. The molecular formula is C44H27N3O. The molecule has 3 aromatic heterocycles. The molecule has 0 bridgehead atoms. The largest absolute Gasteiger partial charge is 0.451 e. The van der Waals surface area contributed by atoms with Gasteiger partial charge in [0, 0.05) is 38.5 Å². The molecule has 0 unspecified atom stereocenters. The number of fused-ring (bicyclic) bond motifs is 7. The van der Waals surface area contributed by atoms with Crippen molar-refractivity contribution >= 4 is 54.6 Å². The van der Waals surface area contributed by atoms with Crippen molar-refractivity contribution in [2.45, 2.75) is 0 Å². The normalized spacial score (nSPS) is 11.8. The van der Waals surface area contributed by atoms with Crippen molar-refractivity contribution in [2.24, 2.45) is 0 Å². The molecule has 224 valence electrons. The summed E-state index contributed by atoms with van der Waals surface area (Å²) in [6.45, 7) is 0. The summed E-state index contributed by atoms with van der Waals surface area (Å²) >= 11 is 0. The summed E-state index contributed by atoms with van der Waals surface area (Å²) in [6, 6.07) is 57.3. The standard InChI is InChI=1S/C44H27N3O/c1-2-13-29(14-3-1)44-45-40(32-25-24-28-12-4-5-15-30(28)26-32)43-41(46-44)37-21-11-20-34(42(37)48-43)31-16-10-17-33(27-31)47-38-22-8-6-18-35(38)36-19-7-9-23-39(36)47/h1-27H. The molecule has 10 rings (SSSR count). The zero-order chi connectivity index (χ0) is 31.6. The monoisotopic (exact) mass is 613 g/mol. The fourth-order valence-electron chi connectivity index (χ4n) is 7.15. The van der Waals surface area contributed by atoms with Crippen molar-refractivity contribution in [3.63, 3.8) is 0 Å². The van der Waals surface area contributed by atoms with Gasteiger partial charge in [0.05, 0.1) is 11.0 Å². The van der Waals surface area contributed by atoms with Crippen molar-refractivity contribution in [3.8, 4) is 39.5 Å². The molecule has 0 aliphatic heterocycles. The van der Waals surface area contributed by atoms with Gasteiger partial charge in [0.1, 0.15) is 16.8 Å². The van der Waals surface area contributed by atoms with Gasteiger partial charge in [0.2, 0.25) is 0 Å². The Morgan fingerprint density at radius 1 is 0.438 bits per heavy atom. The van der Waals surface area contributed by atoms with Crippen molar-refractivity contribution in [3.05, 3.63) is 164 Å². The first-order chi connectivity index (χ1) is 23.8. The molecule has 0 atom stereocenters. The lowest BCUT2D eigenvalue weighted by Gasteiger charge is -2.10. The van der Waals surface area contributed by atoms with E-state index in [4.69, 9.17) is 14.4 Å². The minimum Gasteiger partial charge on any atom is -0.451 e. The highest BCUT2D eigenvalue weighted by atomic mass is 16.3. The van der Waals surface area contributed by atoms with Crippen LogP contribution in [0.1, 0.15) is 0 Å². The third-order valence-electron chi connectivity index (χ3n) is 9.39. The highest BCUT2D eigenvalue weighted by Crippen LogP contribution is 2.41. The van der Waals surface area contributed by atoms with Crippen LogP contribution in [0.4, 0.5) is 0 Å². The van der Waals surface area contributed by atoms with Crippen LogP contribution in [-0.2, 0) is 0 Å². The van der Waals surface area contributed by atoms with Crippen molar-refractivity contribution in [1.29, 1.82) is 0 Å². The summed E-state index contributed by atoms with van der Waals surface area (Å²) in [5.41, 5.74) is 10.6. The van der Waals surface area contributed by atoms with Crippen LogP contribution in [0.3, 0.4) is 0 Å². The Bertz CT molecular complexity index is 2790. The molecule has 0 aliphatic rings. The maximum atomic E-state index is 6.87. The minimum absolute atomic E-state index is 0.674. The minimum atomic E-state index is 0.674. The quantitative estimate of drug-likeness (QED) is 0.198. The maximum Gasteiger partial charge on any atom is 0.180 e. The number of hydrogen-bond acceptors (Lipinski definition) is 3. The average Bonchev–Trinajstić information content (AvgIpc) is 3.71. The van der Waals surface area contributed by atoms with E-state index in [9.17, 15) is 0 Å². The van der Waals surface area contributed by atoms with E-state index in [2.05, 4.69) is 150 Å². The first kappa shape index (κ1) is 26.7. The molecule has 0 N–H and O–H groups in total. The number of hydrogen-bond donors (Lipinski definition) is 0. The third kappa shape index (κ3) is 4.10. The number of benzene rings is 7. The van der Waals surface area contributed by atoms with Crippen LogP contribution in [0.2, 0.25) is 0 Å². The number of rotatable bonds is 4. The van der Waals surface area contributed by atoms with Crippen LogP contribution in [-0.4, -0.2) is 14.5 Å². The van der Waals surface area contributed by atoms with E-state index in [0.29, 0.717) is 11.4 Å². The average molecular weight is 614 g/mol. The van der Waals surface area contributed by atoms with Gasteiger partial charge in [0.25, 0.3) is 0 Å². The Morgan fingerprint density at radius 3 is 1.92 bits per heavy atom. The van der Waals surface area contributed by atoms with Gasteiger partial charge in [0.15, 0.2) is 11.4 Å². The molecular weight excluding hydrogens is 587 g/mol. The van der Waals surface area contributed by atoms with Crippen LogP contribution in [0, 0.1) is 0 Å². The topological polar surface area (TPSA) is 43.9 Å². The van der Waals surface area contributed by atoms with Crippen LogP contribution in [0.15, 0.2) is 168 Å². The Hall–Kier alpha value is -6.52. The Morgan fingerprint density at radius 2 is 1.10 bits per heavy atom. The van der Waals surface area contributed by atoms with Gasteiger partial charge in [-0.25, -0.2) is 9.97 Å². The second-order valence-electron chi connectivity index (χ2n) is 12.2. The number of furan rings is 1. The van der Waals surface area contributed by atoms with E-state index in [-0.39, 0.29) is 0 Å². The van der Waals surface area contributed by atoms with E-state index in [1.54, 1.807) is 0 Å². The highest BCUT2D eigenvalue weighted by molar-refractivity contribution is 6.12. The molecule has 0 saturated carbocycles. The lowest BCUT2D eigenvalue weighted by molar-refractivity contribution is 0.668. The Kier molecular flexibility index (Phi) is 5.84. The molecule has 4 heteroatoms. The van der Waals surface area contributed by atoms with Gasteiger partial charge in [-0.15, -0.1) is 0 Å². The summed E-state index contributed by atoms with van der Waals surface area (Å²) in [6.07, 6.45) is 0. The second kappa shape index (κ2) is 10.5. The van der Waals surface area contributed by atoms with Crippen molar-refractivity contribution in [1.82, 2.24) is 14.5 Å². The second-order valence-corrected chi connectivity index (χ2v) is 12.2. The lowest BCUT2D eigenvalue weighted by atomic mass is 10.0. The first-order valence-electron chi connectivity index (χ1n) is 16.2. The number of para-hydroxylation sites is 3. The zero-order valence-corrected chi connectivity index (χ0v) is 25.8. The Balaban J connectivity index is 1.21. The molecule has 0 aliphatic carbocycles. The van der Waals surface area contributed by atoms with E-state index in [1.165, 1.54) is 27.2 Å². The Labute approximate surface area is 276 Å². The fraction of sp³-hybridized carbons (Fsp3) is 0. The molecule has 0 radical (unpaired) electrons. The fourth-order valence-corrected chi connectivity index (χ4v) is 7.15. The van der Waals surface area contributed by atoms with E-state index < -0.39 is 0 Å². The van der Waals surface area contributed by atoms with Crippen LogP contribution < -0.4 is 0 Å².